The molecule has 0 aromatic carbocycles. The van der Waals surface area contributed by atoms with Crippen LogP contribution < -0.4 is 5.73 Å². The van der Waals surface area contributed by atoms with E-state index >= 15 is 0 Å². The molecule has 6 heteroatoms. The molecule has 1 aromatic heterocycles. The summed E-state index contributed by atoms with van der Waals surface area (Å²) in [6.45, 7) is 4.32. The first-order valence-electron chi connectivity index (χ1n) is 4.66. The summed E-state index contributed by atoms with van der Waals surface area (Å²) in [6, 6.07) is 1.04. The van der Waals surface area contributed by atoms with Crippen molar-refractivity contribution in [3.8, 4) is 0 Å². The molecule has 0 saturated heterocycles. The minimum absolute atomic E-state index is 0.115. The summed E-state index contributed by atoms with van der Waals surface area (Å²) in [6.07, 6.45) is -4.37. The standard InChI is InChI=1S/C9H14F3N3/c1-6(4-13)5-15-7(2)3-8(14-15)9(10,11)12/h3,6H,4-5,13H2,1-2H3/t6-/m0/s1. The predicted molar refractivity (Wildman–Crippen MR) is 50.2 cm³/mol. The molecule has 0 saturated carbocycles. The van der Waals surface area contributed by atoms with Crippen molar-refractivity contribution >= 4 is 0 Å². The van der Waals surface area contributed by atoms with E-state index in [0.29, 0.717) is 18.8 Å². The van der Waals surface area contributed by atoms with E-state index in [9.17, 15) is 13.2 Å². The fraction of sp³-hybridized carbons (Fsp3) is 0.667. The Morgan fingerprint density at radius 1 is 1.53 bits per heavy atom. The van der Waals surface area contributed by atoms with Crippen LogP contribution in [0.4, 0.5) is 13.2 Å². The van der Waals surface area contributed by atoms with Gasteiger partial charge < -0.3 is 5.73 Å². The van der Waals surface area contributed by atoms with Gasteiger partial charge in [-0.3, -0.25) is 4.68 Å². The monoisotopic (exact) mass is 221 g/mol. The zero-order chi connectivity index (χ0) is 11.6. The SMILES string of the molecule is Cc1cc(C(F)(F)F)nn1C[C@@H](C)CN. The molecule has 1 heterocycles. The van der Waals surface area contributed by atoms with Crippen molar-refractivity contribution in [3.05, 3.63) is 17.5 Å². The van der Waals surface area contributed by atoms with Crippen molar-refractivity contribution < 1.29 is 13.2 Å². The van der Waals surface area contributed by atoms with Gasteiger partial charge in [-0.2, -0.15) is 18.3 Å². The molecular weight excluding hydrogens is 207 g/mol. The summed E-state index contributed by atoms with van der Waals surface area (Å²) in [5.74, 6) is 0.115. The number of aryl methyl sites for hydroxylation is 1. The Morgan fingerprint density at radius 3 is 2.53 bits per heavy atom. The maximum Gasteiger partial charge on any atom is 0.435 e. The molecule has 0 aliphatic heterocycles. The number of rotatable bonds is 3. The molecule has 0 bridgehead atoms. The van der Waals surface area contributed by atoms with E-state index in [4.69, 9.17) is 5.73 Å². The largest absolute Gasteiger partial charge is 0.435 e. The molecule has 2 N–H and O–H groups in total. The van der Waals surface area contributed by atoms with Gasteiger partial charge in [0.05, 0.1) is 0 Å². The Balaban J connectivity index is 2.87. The lowest BCUT2D eigenvalue weighted by Gasteiger charge is -2.09. The second kappa shape index (κ2) is 4.22. The van der Waals surface area contributed by atoms with E-state index in [-0.39, 0.29) is 5.92 Å². The maximum atomic E-state index is 12.3. The van der Waals surface area contributed by atoms with Gasteiger partial charge in [0.15, 0.2) is 5.69 Å². The van der Waals surface area contributed by atoms with E-state index < -0.39 is 11.9 Å². The Bertz CT molecular complexity index is 330. The number of aromatic nitrogens is 2. The molecule has 0 aliphatic rings. The van der Waals surface area contributed by atoms with Crippen LogP contribution in [0.5, 0.6) is 0 Å². The molecule has 1 rings (SSSR count). The lowest BCUT2D eigenvalue weighted by Crippen LogP contribution is -2.19. The Kier molecular flexibility index (Phi) is 3.38. The molecule has 0 unspecified atom stereocenters. The van der Waals surface area contributed by atoms with Gasteiger partial charge >= 0.3 is 6.18 Å². The highest BCUT2D eigenvalue weighted by Gasteiger charge is 2.34. The van der Waals surface area contributed by atoms with Gasteiger partial charge in [-0.05, 0) is 25.5 Å². The molecule has 86 valence electrons. The first kappa shape index (κ1) is 12.0. The Labute approximate surface area is 86.1 Å². The molecule has 0 fully saturated rings. The molecule has 1 atom stereocenters. The molecule has 0 amide bonds. The van der Waals surface area contributed by atoms with Crippen LogP contribution in [0, 0.1) is 12.8 Å². The predicted octanol–water partition coefficient (Wildman–Crippen LogP) is 1.81. The summed E-state index contributed by atoms with van der Waals surface area (Å²) in [7, 11) is 0. The van der Waals surface area contributed by atoms with Gasteiger partial charge in [0.2, 0.25) is 0 Å². The van der Waals surface area contributed by atoms with Crippen LogP contribution in [0.15, 0.2) is 6.07 Å². The zero-order valence-electron chi connectivity index (χ0n) is 8.67. The van der Waals surface area contributed by atoms with Crippen LogP contribution in [0.3, 0.4) is 0 Å². The maximum absolute atomic E-state index is 12.3. The average molecular weight is 221 g/mol. The number of halogens is 3. The summed E-state index contributed by atoms with van der Waals surface area (Å²) < 4.78 is 38.2. The van der Waals surface area contributed by atoms with Crippen LogP contribution in [0.1, 0.15) is 18.3 Å². The lowest BCUT2D eigenvalue weighted by atomic mass is 10.2. The molecule has 0 aliphatic carbocycles. The second-order valence-corrected chi connectivity index (χ2v) is 3.69. The van der Waals surface area contributed by atoms with Gasteiger partial charge in [-0.25, -0.2) is 0 Å². The summed E-state index contributed by atoms with van der Waals surface area (Å²) in [4.78, 5) is 0. The quantitative estimate of drug-likeness (QED) is 0.845. The van der Waals surface area contributed by atoms with Crippen molar-refractivity contribution in [2.75, 3.05) is 6.54 Å². The van der Waals surface area contributed by atoms with Crippen molar-refractivity contribution in [2.45, 2.75) is 26.6 Å². The normalized spacial score (nSPS) is 14.3. The summed E-state index contributed by atoms with van der Waals surface area (Å²) in [5, 5.41) is 3.51. The Morgan fingerprint density at radius 2 is 2.13 bits per heavy atom. The minimum Gasteiger partial charge on any atom is -0.330 e. The van der Waals surface area contributed by atoms with Crippen molar-refractivity contribution in [1.82, 2.24) is 9.78 Å². The fourth-order valence-electron chi connectivity index (χ4n) is 1.20. The smallest absolute Gasteiger partial charge is 0.330 e. The average Bonchev–Trinajstić information content (AvgIpc) is 2.47. The highest BCUT2D eigenvalue weighted by Crippen LogP contribution is 2.28. The van der Waals surface area contributed by atoms with Crippen LogP contribution in [-0.2, 0) is 12.7 Å². The molecule has 3 nitrogen and oxygen atoms in total. The van der Waals surface area contributed by atoms with E-state index in [0.717, 1.165) is 6.07 Å². The van der Waals surface area contributed by atoms with Gasteiger partial charge in [-0.15, -0.1) is 0 Å². The van der Waals surface area contributed by atoms with Crippen molar-refractivity contribution in [3.63, 3.8) is 0 Å². The van der Waals surface area contributed by atoms with Crippen LogP contribution in [0.2, 0.25) is 0 Å². The number of nitrogens with zero attached hydrogens (tertiary/aromatic N) is 2. The number of alkyl halides is 3. The fourth-order valence-corrected chi connectivity index (χ4v) is 1.20. The molecule has 1 aromatic rings. The lowest BCUT2D eigenvalue weighted by molar-refractivity contribution is -0.141. The van der Waals surface area contributed by atoms with Gasteiger partial charge in [0.1, 0.15) is 0 Å². The third kappa shape index (κ3) is 2.95. The summed E-state index contributed by atoms with van der Waals surface area (Å²) in [5.41, 5.74) is 5.06. The third-order valence-corrected chi connectivity index (χ3v) is 2.16. The minimum atomic E-state index is -4.37. The van der Waals surface area contributed by atoms with Crippen LogP contribution in [-0.4, -0.2) is 16.3 Å². The van der Waals surface area contributed by atoms with Gasteiger partial charge in [0.25, 0.3) is 0 Å². The van der Waals surface area contributed by atoms with Crippen molar-refractivity contribution in [2.24, 2.45) is 11.7 Å². The highest BCUT2D eigenvalue weighted by atomic mass is 19.4. The number of nitrogens with two attached hydrogens (primary N) is 1. The number of hydrogen-bond donors (Lipinski definition) is 1. The van der Waals surface area contributed by atoms with Crippen LogP contribution in [0.25, 0.3) is 0 Å². The molecular formula is C9H14F3N3. The van der Waals surface area contributed by atoms with E-state index in [1.54, 1.807) is 6.92 Å². The highest BCUT2D eigenvalue weighted by molar-refractivity contribution is 5.11. The topological polar surface area (TPSA) is 43.8 Å². The molecule has 15 heavy (non-hydrogen) atoms. The third-order valence-electron chi connectivity index (χ3n) is 2.16. The number of hydrogen-bond acceptors (Lipinski definition) is 2. The van der Waals surface area contributed by atoms with Crippen LogP contribution >= 0.6 is 0 Å². The zero-order valence-corrected chi connectivity index (χ0v) is 8.67. The summed E-state index contributed by atoms with van der Waals surface area (Å²) >= 11 is 0. The van der Waals surface area contributed by atoms with E-state index in [2.05, 4.69) is 5.10 Å². The van der Waals surface area contributed by atoms with Gasteiger partial charge in [-0.1, -0.05) is 6.92 Å². The van der Waals surface area contributed by atoms with E-state index in [1.165, 1.54) is 4.68 Å². The first-order chi connectivity index (χ1) is 6.84. The van der Waals surface area contributed by atoms with Gasteiger partial charge in [0, 0.05) is 12.2 Å². The first-order valence-corrected chi connectivity index (χ1v) is 4.66. The van der Waals surface area contributed by atoms with Crippen molar-refractivity contribution in [1.29, 1.82) is 0 Å². The van der Waals surface area contributed by atoms with E-state index in [1.807, 2.05) is 6.92 Å². The Hall–Kier alpha value is -1.04. The molecule has 0 spiro atoms. The molecule has 0 radical (unpaired) electrons. The second-order valence-electron chi connectivity index (χ2n) is 3.69.